The van der Waals surface area contributed by atoms with E-state index in [1.165, 1.54) is 4.88 Å². The molecule has 0 bridgehead atoms. The summed E-state index contributed by atoms with van der Waals surface area (Å²) in [4.78, 5) is 20.0. The van der Waals surface area contributed by atoms with E-state index in [0.717, 1.165) is 11.4 Å². The average molecular weight is 388 g/mol. The first-order valence-electron chi connectivity index (χ1n) is 8.21. The van der Waals surface area contributed by atoms with Crippen molar-refractivity contribution < 1.29 is 9.53 Å². The number of hydrogen-bond donors (Lipinski definition) is 1. The van der Waals surface area contributed by atoms with Crippen LogP contribution >= 0.6 is 22.7 Å². The Bertz CT molecular complexity index is 800. The van der Waals surface area contributed by atoms with Crippen LogP contribution < -0.4 is 10.1 Å². The molecule has 2 heterocycles. The molecule has 0 spiro atoms. The van der Waals surface area contributed by atoms with E-state index >= 15 is 0 Å². The van der Waals surface area contributed by atoms with Gasteiger partial charge in [-0.15, -0.1) is 22.7 Å². The molecule has 0 radical (unpaired) electrons. The van der Waals surface area contributed by atoms with Crippen LogP contribution in [0.1, 0.15) is 27.0 Å². The van der Waals surface area contributed by atoms with E-state index in [9.17, 15) is 4.79 Å². The van der Waals surface area contributed by atoms with Crippen LogP contribution in [0.3, 0.4) is 0 Å². The summed E-state index contributed by atoms with van der Waals surface area (Å²) >= 11 is 3.24. The molecule has 5 nitrogen and oxygen atoms in total. The smallest absolute Gasteiger partial charge is 0.251 e. The molecule has 3 aromatic rings. The van der Waals surface area contributed by atoms with Crippen molar-refractivity contribution in [3.63, 3.8) is 0 Å². The first kappa shape index (κ1) is 18.6. The van der Waals surface area contributed by atoms with Gasteiger partial charge in [0.25, 0.3) is 5.91 Å². The van der Waals surface area contributed by atoms with Gasteiger partial charge < -0.3 is 15.0 Å². The number of carbonyl (C=O) groups is 1. The van der Waals surface area contributed by atoms with Gasteiger partial charge in [0.05, 0.1) is 17.2 Å². The van der Waals surface area contributed by atoms with Gasteiger partial charge in [0, 0.05) is 22.4 Å². The number of nitrogens with zero attached hydrogens (tertiary/aromatic N) is 2. The Morgan fingerprint density at radius 3 is 2.69 bits per heavy atom. The Balaban J connectivity index is 1.54. The van der Waals surface area contributed by atoms with Crippen molar-refractivity contribution in [2.45, 2.75) is 12.6 Å². The minimum absolute atomic E-state index is 0.0838. The third kappa shape index (κ3) is 4.91. The van der Waals surface area contributed by atoms with E-state index in [2.05, 4.69) is 26.6 Å². The first-order valence-corrected chi connectivity index (χ1v) is 10.0. The second kappa shape index (κ2) is 8.93. The van der Waals surface area contributed by atoms with E-state index in [-0.39, 0.29) is 11.9 Å². The summed E-state index contributed by atoms with van der Waals surface area (Å²) in [5, 5.41) is 7.03. The number of rotatable bonds is 8. The van der Waals surface area contributed by atoms with Gasteiger partial charge in [-0.25, -0.2) is 4.98 Å². The van der Waals surface area contributed by atoms with Crippen LogP contribution in [0, 0.1) is 0 Å². The van der Waals surface area contributed by atoms with Crippen molar-refractivity contribution in [2.24, 2.45) is 0 Å². The highest BCUT2D eigenvalue weighted by Gasteiger charge is 2.16. The molecule has 0 fully saturated rings. The number of hydrogen-bond acceptors (Lipinski definition) is 6. The number of carbonyl (C=O) groups excluding carboxylic acids is 1. The molecule has 0 aliphatic carbocycles. The number of benzene rings is 1. The fourth-order valence-corrected chi connectivity index (χ4v) is 3.94. The van der Waals surface area contributed by atoms with Crippen LogP contribution in [0.4, 0.5) is 0 Å². The molecule has 0 aliphatic rings. The Labute approximate surface area is 161 Å². The lowest BCUT2D eigenvalue weighted by molar-refractivity contribution is 0.0942. The van der Waals surface area contributed by atoms with Crippen molar-refractivity contribution in [1.82, 2.24) is 15.2 Å². The minimum Gasteiger partial charge on any atom is -0.487 e. The number of thiophene rings is 1. The van der Waals surface area contributed by atoms with Crippen molar-refractivity contribution in [3.8, 4) is 5.75 Å². The summed E-state index contributed by atoms with van der Waals surface area (Å²) in [6.07, 6.45) is 0. The zero-order valence-corrected chi connectivity index (χ0v) is 16.3. The Hall–Kier alpha value is -2.22. The third-order valence-electron chi connectivity index (χ3n) is 3.94. The number of nitrogens with one attached hydrogen (secondary N) is 1. The number of amides is 1. The van der Waals surface area contributed by atoms with Gasteiger partial charge in [-0.3, -0.25) is 4.79 Å². The maximum Gasteiger partial charge on any atom is 0.251 e. The lowest BCUT2D eigenvalue weighted by Gasteiger charge is -2.23. The zero-order valence-electron chi connectivity index (χ0n) is 14.7. The molecule has 1 atom stereocenters. The molecule has 26 heavy (non-hydrogen) atoms. The fourth-order valence-electron chi connectivity index (χ4n) is 2.48. The highest BCUT2D eigenvalue weighted by atomic mass is 32.1. The summed E-state index contributed by atoms with van der Waals surface area (Å²) < 4.78 is 5.67. The van der Waals surface area contributed by atoms with Gasteiger partial charge in [-0.05, 0) is 49.8 Å². The molecule has 136 valence electrons. The summed E-state index contributed by atoms with van der Waals surface area (Å²) in [7, 11) is 4.04. The maximum atomic E-state index is 12.4. The topological polar surface area (TPSA) is 54.5 Å². The molecule has 0 saturated carbocycles. The van der Waals surface area contributed by atoms with Crippen molar-refractivity contribution in [3.05, 3.63) is 68.8 Å². The van der Waals surface area contributed by atoms with Gasteiger partial charge in [-0.1, -0.05) is 6.07 Å². The number of likely N-dealkylation sites (N-methyl/N-ethyl adjacent to an activating group) is 1. The van der Waals surface area contributed by atoms with Crippen LogP contribution in [0.5, 0.6) is 5.75 Å². The van der Waals surface area contributed by atoms with Gasteiger partial charge in [0.1, 0.15) is 12.4 Å². The second-order valence-electron chi connectivity index (χ2n) is 6.00. The lowest BCUT2D eigenvalue weighted by Crippen LogP contribution is -2.34. The van der Waals surface area contributed by atoms with E-state index in [4.69, 9.17) is 4.74 Å². The monoisotopic (exact) mass is 387 g/mol. The summed E-state index contributed by atoms with van der Waals surface area (Å²) in [6, 6.07) is 11.5. The number of thiazole rings is 1. The largest absolute Gasteiger partial charge is 0.487 e. The molecule has 1 N–H and O–H groups in total. The molecule has 2 aromatic heterocycles. The predicted octanol–water partition coefficient (Wildman–Crippen LogP) is 3.82. The minimum atomic E-state index is -0.0838. The number of ether oxygens (including phenoxy) is 1. The Kier molecular flexibility index (Phi) is 6.38. The molecule has 1 amide bonds. The molecular formula is C19H21N3O2S2. The van der Waals surface area contributed by atoms with Gasteiger partial charge in [-0.2, -0.15) is 0 Å². The average Bonchev–Trinajstić information content (AvgIpc) is 3.34. The van der Waals surface area contributed by atoms with E-state index in [1.54, 1.807) is 40.3 Å². The predicted molar refractivity (Wildman–Crippen MR) is 106 cm³/mol. The Morgan fingerprint density at radius 1 is 1.27 bits per heavy atom. The van der Waals surface area contributed by atoms with E-state index in [0.29, 0.717) is 18.7 Å². The molecule has 0 saturated heterocycles. The van der Waals surface area contributed by atoms with Gasteiger partial charge in [0.2, 0.25) is 0 Å². The molecular weight excluding hydrogens is 366 g/mol. The van der Waals surface area contributed by atoms with Crippen LogP contribution in [0.15, 0.2) is 52.7 Å². The fraction of sp³-hybridized carbons (Fsp3) is 0.263. The number of aromatic nitrogens is 1. The lowest BCUT2D eigenvalue weighted by atomic mass is 10.2. The van der Waals surface area contributed by atoms with Crippen molar-refractivity contribution in [2.75, 3.05) is 20.6 Å². The molecule has 1 unspecified atom stereocenters. The van der Waals surface area contributed by atoms with E-state index in [1.807, 2.05) is 37.7 Å². The maximum absolute atomic E-state index is 12.4. The van der Waals surface area contributed by atoms with Crippen LogP contribution in [0.2, 0.25) is 0 Å². The Morgan fingerprint density at radius 2 is 2.08 bits per heavy atom. The van der Waals surface area contributed by atoms with Crippen LogP contribution in [0.25, 0.3) is 0 Å². The van der Waals surface area contributed by atoms with Crippen molar-refractivity contribution in [1.29, 1.82) is 0 Å². The summed E-state index contributed by atoms with van der Waals surface area (Å²) in [5.74, 6) is 0.638. The second-order valence-corrected chi connectivity index (χ2v) is 7.70. The van der Waals surface area contributed by atoms with Gasteiger partial charge >= 0.3 is 0 Å². The molecule has 0 aliphatic heterocycles. The first-order chi connectivity index (χ1) is 12.6. The zero-order chi connectivity index (χ0) is 18.4. The van der Waals surface area contributed by atoms with Crippen LogP contribution in [-0.2, 0) is 6.61 Å². The SMILES string of the molecule is CN(C)C(CNC(=O)c1ccc(OCc2cscn2)cc1)c1cccs1. The highest BCUT2D eigenvalue weighted by Crippen LogP contribution is 2.22. The van der Waals surface area contributed by atoms with Crippen LogP contribution in [-0.4, -0.2) is 36.4 Å². The summed E-state index contributed by atoms with van der Waals surface area (Å²) in [5.41, 5.74) is 3.30. The molecule has 7 heteroatoms. The third-order valence-corrected chi connectivity index (χ3v) is 5.55. The normalized spacial score (nSPS) is 12.1. The van der Waals surface area contributed by atoms with E-state index < -0.39 is 0 Å². The molecule has 3 rings (SSSR count). The standard InChI is InChI=1S/C19H21N3O2S2/c1-22(2)17(18-4-3-9-26-18)10-20-19(23)14-5-7-16(8-6-14)24-11-15-12-25-13-21-15/h3-9,12-13,17H,10-11H2,1-2H3,(H,20,23). The summed E-state index contributed by atoms with van der Waals surface area (Å²) in [6.45, 7) is 0.995. The van der Waals surface area contributed by atoms with Crippen molar-refractivity contribution >= 4 is 28.6 Å². The van der Waals surface area contributed by atoms with Gasteiger partial charge in [0.15, 0.2) is 0 Å². The highest BCUT2D eigenvalue weighted by molar-refractivity contribution is 7.10. The quantitative estimate of drug-likeness (QED) is 0.638. The molecule has 1 aromatic carbocycles.